The van der Waals surface area contributed by atoms with Crippen LogP contribution in [0.4, 0.5) is 5.69 Å². The summed E-state index contributed by atoms with van der Waals surface area (Å²) < 4.78 is 27.5. The highest BCUT2D eigenvalue weighted by molar-refractivity contribution is 7.89. The van der Waals surface area contributed by atoms with Crippen LogP contribution in [-0.2, 0) is 10.0 Å². The normalized spacial score (nSPS) is 23.9. The number of nitrogens with two attached hydrogens (primary N) is 1. The number of nitrogen functional groups attached to an aromatic ring is 1. The van der Waals surface area contributed by atoms with Gasteiger partial charge in [0.1, 0.15) is 0 Å². The number of nitrogens with zero attached hydrogens (tertiary/aromatic N) is 2. The molecule has 2 atom stereocenters. The van der Waals surface area contributed by atoms with Gasteiger partial charge in [-0.15, -0.1) is 0 Å². The second-order valence-electron chi connectivity index (χ2n) is 6.31. The minimum atomic E-state index is -3.47. The number of anilines is 1. The van der Waals surface area contributed by atoms with Crippen LogP contribution >= 0.6 is 0 Å². The number of rotatable bonds is 3. The van der Waals surface area contributed by atoms with E-state index in [1.807, 2.05) is 14.1 Å². The molecule has 0 amide bonds. The zero-order valence-corrected chi connectivity index (χ0v) is 14.2. The zero-order chi connectivity index (χ0) is 15.9. The fourth-order valence-corrected chi connectivity index (χ4v) is 5.26. The lowest BCUT2D eigenvalue weighted by atomic mass is 10.1. The Morgan fingerprint density at radius 3 is 2.14 bits per heavy atom. The van der Waals surface area contributed by atoms with E-state index in [1.165, 1.54) is 0 Å². The zero-order valence-electron chi connectivity index (χ0n) is 13.4. The van der Waals surface area contributed by atoms with Gasteiger partial charge in [0.25, 0.3) is 0 Å². The quantitative estimate of drug-likeness (QED) is 0.858. The van der Waals surface area contributed by atoms with Crippen molar-refractivity contribution >= 4 is 15.7 Å². The first-order valence-corrected chi connectivity index (χ1v) is 8.62. The first kappa shape index (κ1) is 16.3. The van der Waals surface area contributed by atoms with Gasteiger partial charge in [-0.1, -0.05) is 6.92 Å². The van der Waals surface area contributed by atoms with E-state index in [-0.39, 0.29) is 6.04 Å². The first-order valence-electron chi connectivity index (χ1n) is 7.18. The van der Waals surface area contributed by atoms with E-state index in [9.17, 15) is 8.42 Å². The molecule has 21 heavy (non-hydrogen) atoms. The summed E-state index contributed by atoms with van der Waals surface area (Å²) in [5, 5.41) is 0. The van der Waals surface area contributed by atoms with Gasteiger partial charge in [-0.05, 0) is 57.1 Å². The lowest BCUT2D eigenvalue weighted by Crippen LogP contribution is -2.36. The number of hydrogen-bond donors (Lipinski definition) is 1. The topological polar surface area (TPSA) is 66.6 Å². The van der Waals surface area contributed by atoms with E-state index in [0.717, 1.165) is 0 Å². The summed E-state index contributed by atoms with van der Waals surface area (Å²) in [6.07, 6.45) is 0. The number of sulfonamides is 1. The molecule has 2 rings (SSSR count). The molecule has 0 saturated carbocycles. The molecule has 0 spiro atoms. The molecule has 2 unspecified atom stereocenters. The molecule has 118 valence electrons. The van der Waals surface area contributed by atoms with Crippen LogP contribution in [0.1, 0.15) is 18.1 Å². The maximum Gasteiger partial charge on any atom is 0.243 e. The van der Waals surface area contributed by atoms with Gasteiger partial charge in [0.05, 0.1) is 4.90 Å². The molecule has 1 aromatic rings. The van der Waals surface area contributed by atoms with Crippen LogP contribution in [0.2, 0.25) is 0 Å². The minimum Gasteiger partial charge on any atom is -0.399 e. The number of likely N-dealkylation sites (N-methyl/N-ethyl adjacent to an activating group) is 1. The molecular formula is C15H25N3O2S. The highest BCUT2D eigenvalue weighted by Gasteiger charge is 2.39. The Balaban J connectivity index is 2.41. The van der Waals surface area contributed by atoms with Crippen LogP contribution in [0.3, 0.4) is 0 Å². The van der Waals surface area contributed by atoms with Gasteiger partial charge >= 0.3 is 0 Å². The second-order valence-corrected chi connectivity index (χ2v) is 8.19. The lowest BCUT2D eigenvalue weighted by molar-refractivity contribution is 0.263. The summed E-state index contributed by atoms with van der Waals surface area (Å²) in [5.41, 5.74) is 7.83. The number of benzene rings is 1. The van der Waals surface area contributed by atoms with Gasteiger partial charge in [0.15, 0.2) is 0 Å². The largest absolute Gasteiger partial charge is 0.399 e. The van der Waals surface area contributed by atoms with E-state index in [4.69, 9.17) is 5.73 Å². The summed E-state index contributed by atoms with van der Waals surface area (Å²) in [6.45, 7) is 6.81. The van der Waals surface area contributed by atoms with E-state index in [1.54, 1.807) is 30.3 Å². The summed E-state index contributed by atoms with van der Waals surface area (Å²) in [5.74, 6) is 0.323. The molecule has 1 aliphatic rings. The molecule has 1 heterocycles. The van der Waals surface area contributed by atoms with E-state index in [0.29, 0.717) is 40.7 Å². The molecule has 0 aromatic heterocycles. The monoisotopic (exact) mass is 311 g/mol. The predicted octanol–water partition coefficient (Wildman–Crippen LogP) is 1.46. The third kappa shape index (κ3) is 2.93. The fraction of sp³-hybridized carbons (Fsp3) is 0.600. The Labute approximate surface area is 127 Å². The third-order valence-electron chi connectivity index (χ3n) is 4.28. The smallest absolute Gasteiger partial charge is 0.243 e. The average molecular weight is 311 g/mol. The first-order chi connectivity index (χ1) is 9.64. The van der Waals surface area contributed by atoms with Crippen molar-refractivity contribution in [2.75, 3.05) is 32.9 Å². The summed E-state index contributed by atoms with van der Waals surface area (Å²) in [7, 11) is 0.529. The van der Waals surface area contributed by atoms with Gasteiger partial charge in [-0.2, -0.15) is 4.31 Å². The average Bonchev–Trinajstić information content (AvgIpc) is 2.70. The molecule has 6 heteroatoms. The fourth-order valence-electron chi connectivity index (χ4n) is 3.29. The standard InChI is InChI=1S/C15H25N3O2S/c1-10-6-13(16)7-11(2)15(10)21(19,20)18-8-12(3)14(9-18)17(4)5/h6-7,12,14H,8-9,16H2,1-5H3. The highest BCUT2D eigenvalue weighted by atomic mass is 32.2. The molecule has 1 saturated heterocycles. The third-order valence-corrected chi connectivity index (χ3v) is 6.42. The van der Waals surface area contributed by atoms with Crippen molar-refractivity contribution in [3.8, 4) is 0 Å². The second kappa shape index (κ2) is 5.59. The van der Waals surface area contributed by atoms with E-state index < -0.39 is 10.0 Å². The number of aryl methyl sites for hydroxylation is 2. The number of hydrogen-bond acceptors (Lipinski definition) is 4. The van der Waals surface area contributed by atoms with Gasteiger partial charge in [-0.3, -0.25) is 0 Å². The van der Waals surface area contributed by atoms with Crippen molar-refractivity contribution in [2.24, 2.45) is 5.92 Å². The van der Waals surface area contributed by atoms with Crippen LogP contribution in [0.25, 0.3) is 0 Å². The van der Waals surface area contributed by atoms with Gasteiger partial charge in [0, 0.05) is 24.8 Å². The minimum absolute atomic E-state index is 0.258. The SMILES string of the molecule is Cc1cc(N)cc(C)c1S(=O)(=O)N1CC(C)C(N(C)C)C1. The van der Waals surface area contributed by atoms with Crippen LogP contribution in [0.15, 0.2) is 17.0 Å². The van der Waals surface area contributed by atoms with Crippen molar-refractivity contribution in [1.82, 2.24) is 9.21 Å². The predicted molar refractivity (Wildman–Crippen MR) is 85.7 cm³/mol. The van der Waals surface area contributed by atoms with Crippen LogP contribution in [0, 0.1) is 19.8 Å². The van der Waals surface area contributed by atoms with Crippen molar-refractivity contribution in [2.45, 2.75) is 31.7 Å². The van der Waals surface area contributed by atoms with Gasteiger partial charge < -0.3 is 10.6 Å². The summed E-state index contributed by atoms with van der Waals surface area (Å²) >= 11 is 0. The Morgan fingerprint density at radius 1 is 1.19 bits per heavy atom. The lowest BCUT2D eigenvalue weighted by Gasteiger charge is -2.23. The maximum atomic E-state index is 13.0. The van der Waals surface area contributed by atoms with Crippen LogP contribution in [0.5, 0.6) is 0 Å². The molecule has 0 radical (unpaired) electrons. The Kier molecular flexibility index (Phi) is 4.33. The highest BCUT2D eigenvalue weighted by Crippen LogP contribution is 2.30. The van der Waals surface area contributed by atoms with Gasteiger partial charge in [0.2, 0.25) is 10.0 Å². The molecule has 1 aliphatic heterocycles. The summed E-state index contributed by atoms with van der Waals surface area (Å²) in [4.78, 5) is 2.51. The molecule has 5 nitrogen and oxygen atoms in total. The molecular weight excluding hydrogens is 286 g/mol. The summed E-state index contributed by atoms with van der Waals surface area (Å²) in [6, 6.07) is 3.71. The maximum absolute atomic E-state index is 13.0. The van der Waals surface area contributed by atoms with Crippen molar-refractivity contribution in [3.63, 3.8) is 0 Å². The van der Waals surface area contributed by atoms with E-state index in [2.05, 4.69) is 11.8 Å². The Morgan fingerprint density at radius 2 is 1.71 bits per heavy atom. The molecule has 0 aliphatic carbocycles. The molecule has 0 bridgehead atoms. The Hall–Kier alpha value is -1.11. The molecule has 2 N–H and O–H groups in total. The molecule has 1 fully saturated rings. The Bertz CT molecular complexity index is 617. The van der Waals surface area contributed by atoms with Crippen LogP contribution in [-0.4, -0.2) is 50.8 Å². The van der Waals surface area contributed by atoms with Crippen molar-refractivity contribution in [3.05, 3.63) is 23.3 Å². The molecule has 1 aromatic carbocycles. The van der Waals surface area contributed by atoms with E-state index >= 15 is 0 Å². The van der Waals surface area contributed by atoms with Crippen molar-refractivity contribution in [1.29, 1.82) is 0 Å². The van der Waals surface area contributed by atoms with Crippen LogP contribution < -0.4 is 5.73 Å². The van der Waals surface area contributed by atoms with Crippen molar-refractivity contribution < 1.29 is 8.42 Å². The van der Waals surface area contributed by atoms with Gasteiger partial charge in [-0.25, -0.2) is 8.42 Å².